The van der Waals surface area contributed by atoms with Gasteiger partial charge in [-0.3, -0.25) is 9.36 Å². The molecule has 1 amide bonds. The van der Waals surface area contributed by atoms with Crippen molar-refractivity contribution in [2.45, 2.75) is 18.5 Å². The lowest BCUT2D eigenvalue weighted by Crippen LogP contribution is -2.25. The Labute approximate surface area is 163 Å². The maximum atomic E-state index is 13.1. The van der Waals surface area contributed by atoms with E-state index in [1.807, 2.05) is 0 Å². The Hall–Kier alpha value is -3.49. The summed E-state index contributed by atoms with van der Waals surface area (Å²) >= 11 is 0. The lowest BCUT2D eigenvalue weighted by Gasteiger charge is -2.24. The van der Waals surface area contributed by atoms with Gasteiger partial charge in [0, 0.05) is 18.0 Å². The van der Waals surface area contributed by atoms with Crippen LogP contribution in [-0.4, -0.2) is 27.7 Å². The first-order chi connectivity index (χ1) is 13.8. The van der Waals surface area contributed by atoms with Crippen LogP contribution < -0.4 is 10.1 Å². The minimum Gasteiger partial charge on any atom is -0.504 e. The quantitative estimate of drug-likeness (QED) is 0.691. The summed E-state index contributed by atoms with van der Waals surface area (Å²) in [5, 5.41) is 12.8. The second kappa shape index (κ2) is 6.84. The van der Waals surface area contributed by atoms with E-state index in [4.69, 9.17) is 4.74 Å². The van der Waals surface area contributed by atoms with Crippen LogP contribution in [0.15, 0.2) is 48.8 Å². The third-order valence-electron chi connectivity index (χ3n) is 4.83. The first kappa shape index (κ1) is 18.9. The molecule has 0 spiro atoms. The number of imidazole rings is 1. The van der Waals surface area contributed by atoms with Gasteiger partial charge in [-0.2, -0.15) is 13.2 Å². The Bertz CT molecular complexity index is 1090. The number of halogens is 3. The molecule has 0 saturated heterocycles. The van der Waals surface area contributed by atoms with Gasteiger partial charge in [0.25, 0.3) is 0 Å². The van der Waals surface area contributed by atoms with E-state index in [1.165, 1.54) is 36.2 Å². The van der Waals surface area contributed by atoms with E-state index in [-0.39, 0.29) is 23.8 Å². The molecule has 2 heterocycles. The van der Waals surface area contributed by atoms with Crippen molar-refractivity contribution in [3.63, 3.8) is 0 Å². The van der Waals surface area contributed by atoms with Crippen LogP contribution in [-0.2, 0) is 11.0 Å². The molecule has 1 unspecified atom stereocenters. The molecule has 2 N–H and O–H groups in total. The van der Waals surface area contributed by atoms with Gasteiger partial charge >= 0.3 is 6.18 Å². The van der Waals surface area contributed by atoms with E-state index in [2.05, 4.69) is 10.3 Å². The van der Waals surface area contributed by atoms with Crippen molar-refractivity contribution in [1.82, 2.24) is 9.55 Å². The summed E-state index contributed by atoms with van der Waals surface area (Å²) in [6.07, 6.45) is -3.01. The maximum Gasteiger partial charge on any atom is 0.416 e. The van der Waals surface area contributed by atoms with Crippen LogP contribution in [0.1, 0.15) is 29.2 Å². The van der Waals surface area contributed by atoms with Crippen molar-refractivity contribution in [3.8, 4) is 17.2 Å². The highest BCUT2D eigenvalue weighted by molar-refractivity contribution is 5.94. The minimum absolute atomic E-state index is 0.0742. The topological polar surface area (TPSA) is 76.4 Å². The third kappa shape index (κ3) is 3.39. The van der Waals surface area contributed by atoms with Crippen LogP contribution in [0, 0.1) is 0 Å². The number of nitrogens with zero attached hydrogens (tertiary/aromatic N) is 2. The molecule has 0 bridgehead atoms. The van der Waals surface area contributed by atoms with Gasteiger partial charge < -0.3 is 15.2 Å². The molecule has 6 nitrogen and oxygen atoms in total. The number of phenols is 1. The minimum atomic E-state index is -4.48. The molecule has 29 heavy (non-hydrogen) atoms. The summed E-state index contributed by atoms with van der Waals surface area (Å²) in [5.74, 6) is -0.228. The van der Waals surface area contributed by atoms with Crippen LogP contribution in [0.25, 0.3) is 5.69 Å². The second-order valence-electron chi connectivity index (χ2n) is 6.63. The van der Waals surface area contributed by atoms with Gasteiger partial charge in [-0.05, 0) is 35.9 Å². The number of hydrogen-bond donors (Lipinski definition) is 2. The fourth-order valence-corrected chi connectivity index (χ4v) is 3.43. The normalized spacial score (nSPS) is 16.3. The van der Waals surface area contributed by atoms with Crippen LogP contribution in [0.2, 0.25) is 0 Å². The molecular weight excluding hydrogens is 387 g/mol. The molecule has 4 rings (SSSR count). The molecule has 150 valence electrons. The number of aromatic nitrogens is 2. The van der Waals surface area contributed by atoms with Crippen molar-refractivity contribution in [2.75, 3.05) is 12.4 Å². The largest absolute Gasteiger partial charge is 0.504 e. The van der Waals surface area contributed by atoms with Crippen molar-refractivity contribution in [1.29, 1.82) is 0 Å². The number of alkyl halides is 3. The molecule has 9 heteroatoms. The van der Waals surface area contributed by atoms with Crippen molar-refractivity contribution in [2.24, 2.45) is 0 Å². The second-order valence-corrected chi connectivity index (χ2v) is 6.63. The summed E-state index contributed by atoms with van der Waals surface area (Å²) < 4.78 is 45.6. The predicted molar refractivity (Wildman–Crippen MR) is 98.3 cm³/mol. The number of methoxy groups -OCH3 is 1. The number of hydrogen-bond acceptors (Lipinski definition) is 4. The zero-order valence-electron chi connectivity index (χ0n) is 15.2. The van der Waals surface area contributed by atoms with Gasteiger partial charge in [0.2, 0.25) is 5.91 Å². The molecule has 0 aliphatic carbocycles. The summed E-state index contributed by atoms with van der Waals surface area (Å²) in [4.78, 5) is 16.6. The zero-order chi connectivity index (χ0) is 20.8. The van der Waals surface area contributed by atoms with Crippen LogP contribution >= 0.6 is 0 Å². The Morgan fingerprint density at radius 1 is 1.24 bits per heavy atom. The average Bonchev–Trinajstić information content (AvgIpc) is 3.10. The van der Waals surface area contributed by atoms with E-state index in [0.29, 0.717) is 22.8 Å². The van der Waals surface area contributed by atoms with Crippen molar-refractivity contribution < 1.29 is 27.8 Å². The van der Waals surface area contributed by atoms with Gasteiger partial charge in [0.15, 0.2) is 11.5 Å². The molecule has 1 aliphatic rings. The smallest absolute Gasteiger partial charge is 0.416 e. The molecule has 0 fully saturated rings. The molecule has 0 saturated carbocycles. The van der Waals surface area contributed by atoms with Crippen LogP contribution in [0.4, 0.5) is 19.0 Å². The molecular formula is C20H16F3N3O3. The lowest BCUT2D eigenvalue weighted by molar-refractivity contribution is -0.137. The number of amides is 1. The number of aromatic hydroxyl groups is 1. The fraction of sp³-hybridized carbons (Fsp3) is 0.200. The number of carbonyl (C=O) groups is 1. The summed E-state index contributed by atoms with van der Waals surface area (Å²) in [7, 11) is 1.43. The highest BCUT2D eigenvalue weighted by atomic mass is 19.4. The molecule has 2 aromatic carbocycles. The van der Waals surface area contributed by atoms with Crippen molar-refractivity contribution >= 4 is 11.7 Å². The van der Waals surface area contributed by atoms with Gasteiger partial charge in [-0.25, -0.2) is 4.98 Å². The van der Waals surface area contributed by atoms with Crippen LogP contribution in [0.5, 0.6) is 11.5 Å². The Balaban J connectivity index is 1.78. The zero-order valence-corrected chi connectivity index (χ0v) is 15.2. The van der Waals surface area contributed by atoms with Crippen LogP contribution in [0.3, 0.4) is 0 Å². The predicted octanol–water partition coefficient (Wildman–Crippen LogP) is 4.08. The summed E-state index contributed by atoms with van der Waals surface area (Å²) in [6, 6.07) is 9.58. The number of phenolic OH excluding ortho intramolecular Hbond substituents is 1. The summed E-state index contributed by atoms with van der Waals surface area (Å²) in [6.45, 7) is 0. The number of anilines is 1. The lowest BCUT2D eigenvalue weighted by atomic mass is 9.89. The number of fused-ring (bicyclic) bond motifs is 1. The molecule has 1 aliphatic heterocycles. The number of carbonyl (C=O) groups excluding carboxylic acids is 1. The van der Waals surface area contributed by atoms with E-state index < -0.39 is 17.7 Å². The SMILES string of the molecule is COc1ccc(C2CC(=O)Nc3c2ncn3-c2cccc(C(F)(F)F)c2)cc1O. The fourth-order valence-electron chi connectivity index (χ4n) is 3.43. The average molecular weight is 403 g/mol. The first-order valence-electron chi connectivity index (χ1n) is 8.69. The van der Waals surface area contributed by atoms with Gasteiger partial charge in [0.1, 0.15) is 12.1 Å². The number of nitrogens with one attached hydrogen (secondary N) is 1. The number of rotatable bonds is 3. The molecule has 3 aromatic rings. The molecule has 1 atom stereocenters. The standard InChI is InChI=1S/C20H16F3N3O3/c1-29-16-6-5-11(7-15(16)27)14-9-17(28)25-19-18(14)24-10-26(19)13-4-2-3-12(8-13)20(21,22)23/h2-8,10,14,27H,9H2,1H3,(H,25,28). The van der Waals surface area contributed by atoms with Gasteiger partial charge in [-0.1, -0.05) is 12.1 Å². The third-order valence-corrected chi connectivity index (χ3v) is 4.83. The van der Waals surface area contributed by atoms with Gasteiger partial charge in [0.05, 0.1) is 18.4 Å². The first-order valence-corrected chi connectivity index (χ1v) is 8.69. The highest BCUT2D eigenvalue weighted by Gasteiger charge is 2.33. The highest BCUT2D eigenvalue weighted by Crippen LogP contribution is 2.40. The van der Waals surface area contributed by atoms with Gasteiger partial charge in [-0.15, -0.1) is 0 Å². The van der Waals surface area contributed by atoms with E-state index in [1.54, 1.807) is 12.1 Å². The maximum absolute atomic E-state index is 13.1. The number of benzene rings is 2. The molecule has 1 aromatic heterocycles. The Kier molecular flexibility index (Phi) is 4.45. The Morgan fingerprint density at radius 3 is 2.72 bits per heavy atom. The molecule has 0 radical (unpaired) electrons. The summed E-state index contributed by atoms with van der Waals surface area (Å²) in [5.41, 5.74) is 0.587. The van der Waals surface area contributed by atoms with E-state index in [9.17, 15) is 23.1 Å². The van der Waals surface area contributed by atoms with Crippen molar-refractivity contribution in [3.05, 3.63) is 65.6 Å². The monoisotopic (exact) mass is 403 g/mol. The van der Waals surface area contributed by atoms with E-state index in [0.717, 1.165) is 12.1 Å². The Morgan fingerprint density at radius 2 is 2.03 bits per heavy atom. The van der Waals surface area contributed by atoms with E-state index >= 15 is 0 Å². The number of ether oxygens (including phenoxy) is 1.